The van der Waals surface area contributed by atoms with Gasteiger partial charge in [-0.15, -0.1) is 0 Å². The quantitative estimate of drug-likeness (QED) is 0.595. The highest BCUT2D eigenvalue weighted by Gasteiger charge is 2.18. The molecule has 128 valence electrons. The molecule has 2 heterocycles. The van der Waals surface area contributed by atoms with Gasteiger partial charge in [-0.05, 0) is 31.1 Å². The van der Waals surface area contributed by atoms with E-state index in [0.717, 1.165) is 35.2 Å². The van der Waals surface area contributed by atoms with Crippen LogP contribution in [-0.4, -0.2) is 35.4 Å². The second kappa shape index (κ2) is 8.10. The predicted molar refractivity (Wildman–Crippen MR) is 97.3 cm³/mol. The van der Waals surface area contributed by atoms with Crippen LogP contribution in [0.5, 0.6) is 0 Å². The normalized spacial score (nSPS) is 17.3. The van der Waals surface area contributed by atoms with E-state index >= 15 is 0 Å². The lowest BCUT2D eigenvalue weighted by Gasteiger charge is -2.10. The van der Waals surface area contributed by atoms with Crippen LogP contribution in [0.25, 0.3) is 17.3 Å². The standard InChI is InChI=1S/C18H17BrN4O2/c19-15-5-3-12(4-6-15)17-14(10-22-23-17)8-13(9-20)18(24)21-11-16-2-1-7-25-16/h3-6,8,10,16H,1-2,7,11H2,(H,21,24)(H,22,23)/b13-8-/t16-/m0/s1. The minimum absolute atomic E-state index is 0.0381. The van der Waals surface area contributed by atoms with E-state index < -0.39 is 5.91 Å². The Balaban J connectivity index is 1.76. The number of aromatic nitrogens is 2. The lowest BCUT2D eigenvalue weighted by Crippen LogP contribution is -2.32. The minimum Gasteiger partial charge on any atom is -0.376 e. The van der Waals surface area contributed by atoms with Crippen molar-refractivity contribution >= 4 is 27.9 Å². The van der Waals surface area contributed by atoms with Gasteiger partial charge in [0.2, 0.25) is 0 Å². The van der Waals surface area contributed by atoms with Crippen LogP contribution in [0.4, 0.5) is 0 Å². The SMILES string of the molecule is N#C/C(=C/c1cn[nH]c1-c1ccc(Br)cc1)C(=O)NC[C@@H]1CCCO1. The summed E-state index contributed by atoms with van der Waals surface area (Å²) in [7, 11) is 0. The van der Waals surface area contributed by atoms with Crippen molar-refractivity contribution in [2.45, 2.75) is 18.9 Å². The molecule has 0 spiro atoms. The number of hydrogen-bond donors (Lipinski definition) is 2. The molecule has 3 rings (SSSR count). The first kappa shape index (κ1) is 17.4. The number of nitriles is 1. The number of halogens is 1. The summed E-state index contributed by atoms with van der Waals surface area (Å²) >= 11 is 3.40. The molecule has 2 aromatic rings. The maximum atomic E-state index is 12.3. The summed E-state index contributed by atoms with van der Waals surface area (Å²) in [5.74, 6) is -0.402. The van der Waals surface area contributed by atoms with Crippen LogP contribution in [0.1, 0.15) is 18.4 Å². The summed E-state index contributed by atoms with van der Waals surface area (Å²) in [6.45, 7) is 1.15. The zero-order valence-electron chi connectivity index (χ0n) is 13.5. The van der Waals surface area contributed by atoms with Crippen molar-refractivity contribution in [2.75, 3.05) is 13.2 Å². The molecule has 1 saturated heterocycles. The molecule has 2 N–H and O–H groups in total. The Hall–Kier alpha value is -2.43. The van der Waals surface area contributed by atoms with E-state index in [1.807, 2.05) is 30.3 Å². The molecule has 6 nitrogen and oxygen atoms in total. The number of nitrogens with zero attached hydrogens (tertiary/aromatic N) is 2. The van der Waals surface area contributed by atoms with Crippen LogP contribution in [0.2, 0.25) is 0 Å². The zero-order chi connectivity index (χ0) is 17.6. The maximum Gasteiger partial charge on any atom is 0.262 e. The smallest absolute Gasteiger partial charge is 0.262 e. The van der Waals surface area contributed by atoms with E-state index in [9.17, 15) is 10.1 Å². The molecule has 1 atom stereocenters. The Morgan fingerprint density at radius 3 is 2.96 bits per heavy atom. The van der Waals surface area contributed by atoms with E-state index in [1.54, 1.807) is 12.3 Å². The summed E-state index contributed by atoms with van der Waals surface area (Å²) < 4.78 is 6.44. The molecule has 1 aliphatic rings. The van der Waals surface area contributed by atoms with Crippen LogP contribution in [-0.2, 0) is 9.53 Å². The summed E-state index contributed by atoms with van der Waals surface area (Å²) in [5.41, 5.74) is 2.40. The van der Waals surface area contributed by atoms with Crippen LogP contribution < -0.4 is 5.32 Å². The summed E-state index contributed by atoms with van der Waals surface area (Å²) in [4.78, 5) is 12.3. The van der Waals surface area contributed by atoms with E-state index in [-0.39, 0.29) is 11.7 Å². The van der Waals surface area contributed by atoms with Gasteiger partial charge in [0.05, 0.1) is 18.0 Å². The molecule has 1 aliphatic heterocycles. The van der Waals surface area contributed by atoms with Gasteiger partial charge in [0.1, 0.15) is 11.6 Å². The van der Waals surface area contributed by atoms with E-state index in [4.69, 9.17) is 4.74 Å². The molecular formula is C18H17BrN4O2. The molecule has 1 aromatic heterocycles. The fourth-order valence-corrected chi connectivity index (χ4v) is 2.93. The number of hydrogen-bond acceptors (Lipinski definition) is 4. The van der Waals surface area contributed by atoms with Crippen molar-refractivity contribution in [3.05, 3.63) is 46.1 Å². The molecule has 1 fully saturated rings. The van der Waals surface area contributed by atoms with Gasteiger partial charge in [-0.2, -0.15) is 10.4 Å². The van der Waals surface area contributed by atoms with Crippen LogP contribution in [0, 0.1) is 11.3 Å². The molecule has 0 aliphatic carbocycles. The molecule has 7 heteroatoms. The van der Waals surface area contributed by atoms with E-state index in [0.29, 0.717) is 12.1 Å². The number of carbonyl (C=O) groups excluding carboxylic acids is 1. The minimum atomic E-state index is -0.402. The summed E-state index contributed by atoms with van der Waals surface area (Å²) in [6, 6.07) is 9.66. The first-order valence-electron chi connectivity index (χ1n) is 7.98. The molecule has 0 saturated carbocycles. The number of aromatic amines is 1. The lowest BCUT2D eigenvalue weighted by molar-refractivity contribution is -0.117. The highest BCUT2D eigenvalue weighted by molar-refractivity contribution is 9.10. The van der Waals surface area contributed by atoms with E-state index in [2.05, 4.69) is 31.4 Å². The Labute approximate surface area is 154 Å². The fourth-order valence-electron chi connectivity index (χ4n) is 2.66. The van der Waals surface area contributed by atoms with Gasteiger partial charge in [0.15, 0.2) is 0 Å². The predicted octanol–water partition coefficient (Wildman–Crippen LogP) is 3.04. The Morgan fingerprint density at radius 1 is 1.48 bits per heavy atom. The molecule has 0 radical (unpaired) electrons. The van der Waals surface area contributed by atoms with Gasteiger partial charge in [-0.25, -0.2) is 0 Å². The van der Waals surface area contributed by atoms with Crippen LogP contribution >= 0.6 is 15.9 Å². The number of rotatable bonds is 5. The average Bonchev–Trinajstić information content (AvgIpc) is 3.30. The van der Waals surface area contributed by atoms with Gasteiger partial charge >= 0.3 is 0 Å². The Kier molecular flexibility index (Phi) is 5.64. The van der Waals surface area contributed by atoms with Gasteiger partial charge in [-0.1, -0.05) is 28.1 Å². The third-order valence-electron chi connectivity index (χ3n) is 3.98. The van der Waals surface area contributed by atoms with Crippen molar-refractivity contribution in [1.82, 2.24) is 15.5 Å². The molecule has 0 bridgehead atoms. The fraction of sp³-hybridized carbons (Fsp3) is 0.278. The van der Waals surface area contributed by atoms with Crippen LogP contribution in [0.15, 0.2) is 40.5 Å². The summed E-state index contributed by atoms with van der Waals surface area (Å²) in [5, 5.41) is 19.1. The van der Waals surface area contributed by atoms with Crippen molar-refractivity contribution in [3.8, 4) is 17.3 Å². The molecule has 25 heavy (non-hydrogen) atoms. The number of nitrogens with one attached hydrogen (secondary N) is 2. The number of amides is 1. The van der Waals surface area contributed by atoms with Crippen LogP contribution in [0.3, 0.4) is 0 Å². The van der Waals surface area contributed by atoms with Crippen molar-refractivity contribution in [1.29, 1.82) is 5.26 Å². The Morgan fingerprint density at radius 2 is 2.28 bits per heavy atom. The Bertz CT molecular complexity index is 814. The van der Waals surface area contributed by atoms with Crippen molar-refractivity contribution in [3.63, 3.8) is 0 Å². The monoisotopic (exact) mass is 400 g/mol. The largest absolute Gasteiger partial charge is 0.376 e. The van der Waals surface area contributed by atoms with E-state index in [1.165, 1.54) is 0 Å². The third-order valence-corrected chi connectivity index (χ3v) is 4.51. The topological polar surface area (TPSA) is 90.8 Å². The maximum absolute atomic E-state index is 12.3. The van der Waals surface area contributed by atoms with Crippen molar-refractivity contribution in [2.24, 2.45) is 0 Å². The third kappa shape index (κ3) is 4.35. The highest BCUT2D eigenvalue weighted by atomic mass is 79.9. The lowest BCUT2D eigenvalue weighted by atomic mass is 10.1. The number of ether oxygens (including phenoxy) is 1. The highest BCUT2D eigenvalue weighted by Crippen LogP contribution is 2.24. The van der Waals surface area contributed by atoms with Gasteiger partial charge < -0.3 is 10.1 Å². The number of benzene rings is 1. The molecular weight excluding hydrogens is 384 g/mol. The first-order valence-corrected chi connectivity index (χ1v) is 8.77. The second-order valence-electron chi connectivity index (χ2n) is 5.72. The zero-order valence-corrected chi connectivity index (χ0v) is 15.0. The molecule has 1 aromatic carbocycles. The second-order valence-corrected chi connectivity index (χ2v) is 6.64. The van der Waals surface area contributed by atoms with Gasteiger partial charge in [-0.3, -0.25) is 9.89 Å². The van der Waals surface area contributed by atoms with Gasteiger partial charge in [0.25, 0.3) is 5.91 Å². The van der Waals surface area contributed by atoms with Crippen molar-refractivity contribution < 1.29 is 9.53 Å². The first-order chi connectivity index (χ1) is 12.2. The summed E-state index contributed by atoms with van der Waals surface area (Å²) in [6.07, 6.45) is 5.12. The number of carbonyl (C=O) groups is 1. The molecule has 1 amide bonds. The number of H-pyrrole nitrogens is 1. The molecule has 0 unspecified atom stereocenters. The van der Waals surface area contributed by atoms with Gasteiger partial charge in [0, 0.05) is 28.8 Å². The average molecular weight is 401 g/mol.